The molecule has 118 valence electrons. The van der Waals surface area contributed by atoms with Crippen LogP contribution in [0.2, 0.25) is 0 Å². The predicted octanol–water partition coefficient (Wildman–Crippen LogP) is -0.418. The maximum Gasteiger partial charge on any atom is 0.328 e. The lowest BCUT2D eigenvalue weighted by atomic mass is 10.2. The van der Waals surface area contributed by atoms with Crippen molar-refractivity contribution < 1.29 is 4.63 Å². The summed E-state index contributed by atoms with van der Waals surface area (Å²) in [7, 11) is 3.43. The summed E-state index contributed by atoms with van der Waals surface area (Å²) in [5.74, 6) is 0.0374. The normalized spacial score (nSPS) is 12.5. The zero-order chi connectivity index (χ0) is 16.6. The van der Waals surface area contributed by atoms with Crippen molar-refractivity contribution in [3.8, 4) is 0 Å². The summed E-state index contributed by atoms with van der Waals surface area (Å²) in [5.41, 5.74) is 13.6. The highest BCUT2D eigenvalue weighted by atomic mass is 16.6. The number of amidine groups is 1. The fourth-order valence-corrected chi connectivity index (χ4v) is 2.18. The summed E-state index contributed by atoms with van der Waals surface area (Å²) >= 11 is 0. The Morgan fingerprint density at radius 3 is 2.70 bits per heavy atom. The van der Waals surface area contributed by atoms with Crippen molar-refractivity contribution in [3.05, 3.63) is 39.9 Å². The number of aryl methyl sites for hydroxylation is 2. The van der Waals surface area contributed by atoms with Crippen molar-refractivity contribution in [2.75, 3.05) is 5.73 Å². The zero-order valence-corrected chi connectivity index (χ0v) is 12.5. The second kappa shape index (κ2) is 5.40. The Bertz CT molecular complexity index is 991. The summed E-state index contributed by atoms with van der Waals surface area (Å²) in [6, 6.07) is 5.49. The highest BCUT2D eigenvalue weighted by molar-refractivity contribution is 5.99. The summed E-state index contributed by atoms with van der Waals surface area (Å²) in [6.07, 6.45) is 1.51. The number of fused-ring (bicyclic) bond motifs is 1. The molecule has 1 aromatic carbocycles. The molecule has 0 spiro atoms. The Kier molecular flexibility index (Phi) is 3.41. The number of imidazole rings is 1. The average molecular weight is 314 g/mol. The molecule has 3 rings (SSSR count). The summed E-state index contributed by atoms with van der Waals surface area (Å²) < 4.78 is 7.57. The number of benzene rings is 1. The van der Waals surface area contributed by atoms with Crippen LogP contribution in [0.1, 0.15) is 11.3 Å². The van der Waals surface area contributed by atoms with Crippen molar-refractivity contribution in [2.24, 2.45) is 30.0 Å². The molecule has 0 radical (unpaired) electrons. The third-order valence-corrected chi connectivity index (χ3v) is 3.42. The molecular weight excluding hydrogens is 300 g/mol. The highest BCUT2D eigenvalue weighted by Crippen LogP contribution is 2.13. The minimum absolute atomic E-state index is 0.00631. The van der Waals surface area contributed by atoms with Crippen molar-refractivity contribution in [3.63, 3.8) is 0 Å². The van der Waals surface area contributed by atoms with Crippen molar-refractivity contribution in [2.45, 2.75) is 0 Å². The number of nitrogen functional groups attached to an aromatic ring is 1. The van der Waals surface area contributed by atoms with Crippen molar-refractivity contribution in [1.29, 1.82) is 0 Å². The van der Waals surface area contributed by atoms with Gasteiger partial charge in [0.25, 0.3) is 0 Å². The Hall–Kier alpha value is -3.43. The SMILES string of the molecule is Cn1c(=O)n(C)c2cc(/C=N/N=C(\N)c3nonc3N)ccc21. The predicted molar refractivity (Wildman–Crippen MR) is 85.2 cm³/mol. The van der Waals surface area contributed by atoms with Gasteiger partial charge in [-0.05, 0) is 28.0 Å². The molecule has 0 aliphatic rings. The van der Waals surface area contributed by atoms with Crippen LogP contribution < -0.4 is 17.2 Å². The van der Waals surface area contributed by atoms with E-state index in [-0.39, 0.29) is 23.0 Å². The average Bonchev–Trinajstić information content (AvgIpc) is 3.06. The van der Waals surface area contributed by atoms with Gasteiger partial charge < -0.3 is 11.5 Å². The topological polar surface area (TPSA) is 143 Å². The maximum absolute atomic E-state index is 11.9. The van der Waals surface area contributed by atoms with Crippen molar-refractivity contribution in [1.82, 2.24) is 19.4 Å². The van der Waals surface area contributed by atoms with Gasteiger partial charge in [0.05, 0.1) is 17.2 Å². The van der Waals surface area contributed by atoms with Crippen LogP contribution in [0.3, 0.4) is 0 Å². The number of rotatable bonds is 3. The van der Waals surface area contributed by atoms with Gasteiger partial charge in [-0.1, -0.05) is 6.07 Å². The second-order valence-corrected chi connectivity index (χ2v) is 4.88. The molecule has 3 aromatic rings. The van der Waals surface area contributed by atoms with E-state index in [1.807, 2.05) is 18.2 Å². The van der Waals surface area contributed by atoms with E-state index in [1.54, 1.807) is 23.2 Å². The Balaban J connectivity index is 1.91. The van der Waals surface area contributed by atoms with Crippen LogP contribution >= 0.6 is 0 Å². The lowest BCUT2D eigenvalue weighted by Gasteiger charge is -1.96. The molecule has 0 unspecified atom stereocenters. The van der Waals surface area contributed by atoms with Gasteiger partial charge in [-0.2, -0.15) is 5.10 Å². The van der Waals surface area contributed by atoms with E-state index < -0.39 is 0 Å². The molecule has 0 amide bonds. The molecule has 4 N–H and O–H groups in total. The largest absolute Gasteiger partial charge is 0.380 e. The zero-order valence-electron chi connectivity index (χ0n) is 12.5. The van der Waals surface area contributed by atoms with Crippen LogP contribution in [-0.2, 0) is 14.1 Å². The van der Waals surface area contributed by atoms with E-state index >= 15 is 0 Å². The molecule has 2 heterocycles. The van der Waals surface area contributed by atoms with E-state index in [0.29, 0.717) is 0 Å². The third-order valence-electron chi connectivity index (χ3n) is 3.42. The lowest BCUT2D eigenvalue weighted by molar-refractivity contribution is 0.308. The van der Waals surface area contributed by atoms with Crippen LogP contribution in [0.15, 0.2) is 37.8 Å². The third kappa shape index (κ3) is 2.46. The molecule has 10 heteroatoms. The Labute approximate surface area is 129 Å². The molecule has 23 heavy (non-hydrogen) atoms. The molecule has 0 saturated heterocycles. The van der Waals surface area contributed by atoms with E-state index in [1.165, 1.54) is 6.21 Å². The summed E-state index contributed by atoms with van der Waals surface area (Å²) in [4.78, 5) is 11.9. The Morgan fingerprint density at radius 1 is 1.26 bits per heavy atom. The van der Waals surface area contributed by atoms with E-state index in [4.69, 9.17) is 11.5 Å². The van der Waals surface area contributed by atoms with Crippen LogP contribution in [0.4, 0.5) is 5.82 Å². The van der Waals surface area contributed by atoms with Gasteiger partial charge in [-0.15, -0.1) is 5.10 Å². The quantitative estimate of drug-likeness (QED) is 0.382. The van der Waals surface area contributed by atoms with E-state index in [9.17, 15) is 4.79 Å². The monoisotopic (exact) mass is 314 g/mol. The first-order chi connectivity index (χ1) is 11.0. The van der Waals surface area contributed by atoms with Gasteiger partial charge in [0.1, 0.15) is 0 Å². The fraction of sp³-hybridized carbons (Fsp3) is 0.154. The first-order valence-electron chi connectivity index (χ1n) is 6.59. The van der Waals surface area contributed by atoms with Gasteiger partial charge in [0.2, 0.25) is 0 Å². The summed E-state index contributed by atoms with van der Waals surface area (Å²) in [5, 5.41) is 14.6. The molecule has 2 aromatic heterocycles. The van der Waals surface area contributed by atoms with Crippen LogP contribution in [0.5, 0.6) is 0 Å². The smallest absolute Gasteiger partial charge is 0.328 e. The number of anilines is 1. The molecule has 0 aliphatic heterocycles. The van der Waals surface area contributed by atoms with Gasteiger partial charge in [0.15, 0.2) is 17.3 Å². The standard InChI is InChI=1S/C13H14N8O2/c1-20-8-4-3-7(5-9(8)21(2)13(20)22)6-16-17-11(14)10-12(15)19-23-18-10/h3-6H,1-2H3,(H2,14,17)(H2,15,19)/b16-6+. The number of nitrogens with zero attached hydrogens (tertiary/aromatic N) is 6. The second-order valence-electron chi connectivity index (χ2n) is 4.88. The first kappa shape index (κ1) is 14.5. The fourth-order valence-electron chi connectivity index (χ4n) is 2.18. The van der Waals surface area contributed by atoms with Crippen molar-refractivity contribution >= 4 is 28.9 Å². The van der Waals surface area contributed by atoms with E-state index in [0.717, 1.165) is 16.6 Å². The lowest BCUT2D eigenvalue weighted by Crippen LogP contribution is -2.19. The Morgan fingerprint density at radius 2 is 2.00 bits per heavy atom. The number of hydrogen-bond donors (Lipinski definition) is 2. The highest BCUT2D eigenvalue weighted by Gasteiger charge is 2.10. The van der Waals surface area contributed by atoms with Crippen LogP contribution in [0, 0.1) is 0 Å². The minimum Gasteiger partial charge on any atom is -0.380 e. The van der Waals surface area contributed by atoms with Gasteiger partial charge >= 0.3 is 5.69 Å². The van der Waals surface area contributed by atoms with Gasteiger partial charge in [0, 0.05) is 14.1 Å². The van der Waals surface area contributed by atoms with Crippen LogP contribution in [0.25, 0.3) is 11.0 Å². The summed E-state index contributed by atoms with van der Waals surface area (Å²) in [6.45, 7) is 0. The van der Waals surface area contributed by atoms with Gasteiger partial charge in [-0.3, -0.25) is 9.13 Å². The van der Waals surface area contributed by atoms with Gasteiger partial charge in [-0.25, -0.2) is 9.42 Å². The number of aromatic nitrogens is 4. The van der Waals surface area contributed by atoms with Crippen LogP contribution in [-0.4, -0.2) is 31.5 Å². The first-order valence-corrected chi connectivity index (χ1v) is 6.59. The molecule has 10 nitrogen and oxygen atoms in total. The molecule has 0 aliphatic carbocycles. The molecular formula is C13H14N8O2. The minimum atomic E-state index is -0.0923. The molecule has 0 fully saturated rings. The molecule has 0 bridgehead atoms. The number of nitrogens with two attached hydrogens (primary N) is 2. The van der Waals surface area contributed by atoms with E-state index in [2.05, 4.69) is 25.1 Å². The number of hydrogen-bond acceptors (Lipinski definition) is 7. The maximum atomic E-state index is 11.9. The molecule has 0 atom stereocenters. The molecule has 0 saturated carbocycles.